The lowest BCUT2D eigenvalue weighted by Crippen LogP contribution is -2.29. The molecule has 1 N–H and O–H groups in total. The van der Waals surface area contributed by atoms with Crippen LogP contribution < -0.4 is 10.1 Å². The highest BCUT2D eigenvalue weighted by molar-refractivity contribution is 5.18. The van der Waals surface area contributed by atoms with E-state index in [0.717, 1.165) is 25.1 Å². The van der Waals surface area contributed by atoms with Crippen molar-refractivity contribution in [3.8, 4) is 6.01 Å². The van der Waals surface area contributed by atoms with Gasteiger partial charge in [0.1, 0.15) is 6.10 Å². The van der Waals surface area contributed by atoms with Gasteiger partial charge in [-0.15, -0.1) is 0 Å². The van der Waals surface area contributed by atoms with Crippen LogP contribution in [0.4, 0.5) is 0 Å². The van der Waals surface area contributed by atoms with Gasteiger partial charge in [-0.25, -0.2) is 9.97 Å². The quantitative estimate of drug-likeness (QED) is 0.902. The van der Waals surface area contributed by atoms with Gasteiger partial charge in [0.25, 0.3) is 0 Å². The topological polar surface area (TPSA) is 47.0 Å². The SMILES string of the molecule is Cc1nc(OC2CCC(C)(C)CC2)ncc1CNC1CC1. The first-order chi connectivity index (χ1) is 10.0. The van der Waals surface area contributed by atoms with E-state index in [1.54, 1.807) is 0 Å². The second-order valence-corrected chi connectivity index (χ2v) is 7.40. The van der Waals surface area contributed by atoms with E-state index in [-0.39, 0.29) is 6.10 Å². The van der Waals surface area contributed by atoms with Crippen LogP contribution in [0.15, 0.2) is 6.20 Å². The summed E-state index contributed by atoms with van der Waals surface area (Å²) in [4.78, 5) is 8.92. The first-order valence-corrected chi connectivity index (χ1v) is 8.24. The molecule has 0 amide bonds. The van der Waals surface area contributed by atoms with Gasteiger partial charge in [-0.05, 0) is 50.9 Å². The van der Waals surface area contributed by atoms with Crippen LogP contribution >= 0.6 is 0 Å². The molecule has 0 saturated heterocycles. The fraction of sp³-hybridized carbons (Fsp3) is 0.765. The molecule has 0 atom stereocenters. The number of hydrogen-bond donors (Lipinski definition) is 1. The Morgan fingerprint density at radius 2 is 1.95 bits per heavy atom. The molecule has 0 radical (unpaired) electrons. The van der Waals surface area contributed by atoms with Crippen LogP contribution in [0.5, 0.6) is 6.01 Å². The minimum Gasteiger partial charge on any atom is -0.460 e. The van der Waals surface area contributed by atoms with Crippen LogP contribution in [0.3, 0.4) is 0 Å². The molecule has 0 aromatic carbocycles. The average molecular weight is 289 g/mol. The maximum Gasteiger partial charge on any atom is 0.316 e. The Morgan fingerprint density at radius 3 is 2.57 bits per heavy atom. The lowest BCUT2D eigenvalue weighted by Gasteiger charge is -2.33. The van der Waals surface area contributed by atoms with Crippen molar-refractivity contribution in [2.45, 2.75) is 78.0 Å². The lowest BCUT2D eigenvalue weighted by molar-refractivity contribution is 0.0904. The van der Waals surface area contributed by atoms with Crippen molar-refractivity contribution in [1.29, 1.82) is 0 Å². The van der Waals surface area contributed by atoms with Gasteiger partial charge < -0.3 is 10.1 Å². The van der Waals surface area contributed by atoms with Crippen molar-refractivity contribution in [1.82, 2.24) is 15.3 Å². The van der Waals surface area contributed by atoms with Crippen LogP contribution in [0.25, 0.3) is 0 Å². The summed E-state index contributed by atoms with van der Waals surface area (Å²) in [5.74, 6) is 0. The van der Waals surface area contributed by atoms with Gasteiger partial charge in [-0.3, -0.25) is 0 Å². The van der Waals surface area contributed by atoms with Gasteiger partial charge in [-0.1, -0.05) is 13.8 Å². The third-order valence-electron chi connectivity index (χ3n) is 4.78. The lowest BCUT2D eigenvalue weighted by atomic mass is 9.76. The molecule has 2 saturated carbocycles. The number of aromatic nitrogens is 2. The zero-order valence-electron chi connectivity index (χ0n) is 13.5. The van der Waals surface area contributed by atoms with E-state index in [2.05, 4.69) is 29.1 Å². The van der Waals surface area contributed by atoms with E-state index < -0.39 is 0 Å². The smallest absolute Gasteiger partial charge is 0.316 e. The van der Waals surface area contributed by atoms with Gasteiger partial charge in [0.2, 0.25) is 0 Å². The maximum atomic E-state index is 5.98. The molecule has 21 heavy (non-hydrogen) atoms. The van der Waals surface area contributed by atoms with Crippen LogP contribution in [-0.4, -0.2) is 22.1 Å². The molecule has 3 rings (SSSR count). The fourth-order valence-corrected chi connectivity index (χ4v) is 2.88. The van der Waals surface area contributed by atoms with Gasteiger partial charge in [0.05, 0.1) is 0 Å². The largest absolute Gasteiger partial charge is 0.460 e. The summed E-state index contributed by atoms with van der Waals surface area (Å²) >= 11 is 0. The first-order valence-electron chi connectivity index (χ1n) is 8.24. The van der Waals surface area contributed by atoms with Gasteiger partial charge in [0, 0.05) is 30.0 Å². The number of rotatable bonds is 5. The predicted molar refractivity (Wildman–Crippen MR) is 83.3 cm³/mol. The Bertz CT molecular complexity index is 487. The fourth-order valence-electron chi connectivity index (χ4n) is 2.88. The molecule has 1 aromatic heterocycles. The number of nitrogens with zero attached hydrogens (tertiary/aromatic N) is 2. The van der Waals surface area contributed by atoms with Crippen molar-refractivity contribution < 1.29 is 4.74 Å². The third-order valence-corrected chi connectivity index (χ3v) is 4.78. The minimum atomic E-state index is 0.285. The highest BCUT2D eigenvalue weighted by atomic mass is 16.5. The minimum absolute atomic E-state index is 0.285. The Labute approximate surface area is 127 Å². The highest BCUT2D eigenvalue weighted by Gasteiger charge is 2.28. The summed E-state index contributed by atoms with van der Waals surface area (Å²) in [5.41, 5.74) is 2.68. The molecule has 0 bridgehead atoms. The third kappa shape index (κ3) is 4.16. The molecule has 1 aromatic rings. The van der Waals surface area contributed by atoms with Gasteiger partial charge in [0.15, 0.2) is 0 Å². The Balaban J connectivity index is 1.54. The van der Waals surface area contributed by atoms with E-state index >= 15 is 0 Å². The summed E-state index contributed by atoms with van der Waals surface area (Å²) < 4.78 is 5.98. The van der Waals surface area contributed by atoms with E-state index in [4.69, 9.17) is 4.74 Å². The normalized spacial score (nSPS) is 22.2. The molecule has 0 spiro atoms. The first kappa shape index (κ1) is 14.8. The molecular weight excluding hydrogens is 262 g/mol. The van der Waals surface area contributed by atoms with Crippen molar-refractivity contribution in [3.63, 3.8) is 0 Å². The molecule has 2 aliphatic rings. The van der Waals surface area contributed by atoms with E-state index in [0.29, 0.717) is 17.5 Å². The van der Waals surface area contributed by atoms with Crippen LogP contribution in [0.1, 0.15) is 63.6 Å². The zero-order valence-corrected chi connectivity index (χ0v) is 13.5. The molecular formula is C17H27N3O. The zero-order chi connectivity index (χ0) is 14.9. The molecule has 1 heterocycles. The van der Waals surface area contributed by atoms with Crippen LogP contribution in [0, 0.1) is 12.3 Å². The number of nitrogens with one attached hydrogen (secondary N) is 1. The van der Waals surface area contributed by atoms with Crippen molar-refractivity contribution in [3.05, 3.63) is 17.5 Å². The Hall–Kier alpha value is -1.16. The molecule has 4 heteroatoms. The van der Waals surface area contributed by atoms with Gasteiger partial charge >= 0.3 is 6.01 Å². The molecule has 116 valence electrons. The summed E-state index contributed by atoms with van der Waals surface area (Å²) in [7, 11) is 0. The molecule has 0 aliphatic heterocycles. The molecule has 2 aliphatic carbocycles. The molecule has 2 fully saturated rings. The predicted octanol–water partition coefficient (Wildman–Crippen LogP) is 3.38. The van der Waals surface area contributed by atoms with Crippen molar-refractivity contribution in [2.75, 3.05) is 0 Å². The second-order valence-electron chi connectivity index (χ2n) is 7.40. The van der Waals surface area contributed by atoms with Crippen molar-refractivity contribution >= 4 is 0 Å². The van der Waals surface area contributed by atoms with E-state index in [1.807, 2.05) is 13.1 Å². The number of ether oxygens (including phenoxy) is 1. The standard InChI is InChI=1S/C17H27N3O/c1-12-13(10-18-14-4-5-14)11-19-16(20-12)21-15-6-8-17(2,3)9-7-15/h11,14-15,18H,4-10H2,1-3H3. The van der Waals surface area contributed by atoms with Gasteiger partial charge in [-0.2, -0.15) is 0 Å². The summed E-state index contributed by atoms with van der Waals surface area (Å²) in [5, 5.41) is 3.50. The Kier molecular flexibility index (Phi) is 4.16. The van der Waals surface area contributed by atoms with E-state index in [9.17, 15) is 0 Å². The molecule has 0 unspecified atom stereocenters. The van der Waals surface area contributed by atoms with E-state index in [1.165, 1.54) is 31.2 Å². The average Bonchev–Trinajstić information content (AvgIpc) is 3.24. The summed E-state index contributed by atoms with van der Waals surface area (Å²) in [6.45, 7) is 7.59. The number of hydrogen-bond acceptors (Lipinski definition) is 4. The van der Waals surface area contributed by atoms with Crippen LogP contribution in [0.2, 0.25) is 0 Å². The Morgan fingerprint density at radius 1 is 1.24 bits per heavy atom. The summed E-state index contributed by atoms with van der Waals surface area (Å²) in [6, 6.07) is 1.26. The maximum absolute atomic E-state index is 5.98. The monoisotopic (exact) mass is 289 g/mol. The second kappa shape index (κ2) is 5.91. The number of aryl methyl sites for hydroxylation is 1. The summed E-state index contributed by atoms with van der Waals surface area (Å²) in [6.07, 6.45) is 9.48. The van der Waals surface area contributed by atoms with Crippen LogP contribution in [-0.2, 0) is 6.54 Å². The highest BCUT2D eigenvalue weighted by Crippen LogP contribution is 2.36. The van der Waals surface area contributed by atoms with Crippen molar-refractivity contribution in [2.24, 2.45) is 5.41 Å². The molecule has 4 nitrogen and oxygen atoms in total.